The first-order valence-electron chi connectivity index (χ1n) is 11.0. The summed E-state index contributed by atoms with van der Waals surface area (Å²) >= 11 is 6.01. The Kier molecular flexibility index (Phi) is 5.19. The number of rotatable bonds is 2. The minimum atomic E-state index is 0.118. The van der Waals surface area contributed by atoms with Crippen LogP contribution in [0.25, 0.3) is 11.1 Å². The Morgan fingerprint density at radius 3 is 2.43 bits per heavy atom. The van der Waals surface area contributed by atoms with Crippen LogP contribution in [-0.4, -0.2) is 52.5 Å². The maximum absolute atomic E-state index is 13.3. The molecule has 3 aliphatic heterocycles. The molecule has 1 aromatic carbocycles. The van der Waals surface area contributed by atoms with Gasteiger partial charge in [0.15, 0.2) is 0 Å². The molecule has 0 spiro atoms. The Morgan fingerprint density at radius 2 is 1.73 bits per heavy atom. The molecular formula is C24H28ClN3O2. The number of nitrogens with zero attached hydrogens (tertiary/aromatic N) is 3. The number of hydrogen-bond acceptors (Lipinski definition) is 3. The number of carbonyl (C=O) groups is 1. The van der Waals surface area contributed by atoms with Crippen LogP contribution in [-0.2, 0) is 11.3 Å². The fourth-order valence-corrected chi connectivity index (χ4v) is 5.80. The number of pyridine rings is 1. The Balaban J connectivity index is 1.37. The zero-order chi connectivity index (χ0) is 20.8. The number of piperidine rings is 2. The number of amides is 1. The summed E-state index contributed by atoms with van der Waals surface area (Å²) in [5, 5.41) is 0.681. The van der Waals surface area contributed by atoms with E-state index in [9.17, 15) is 9.59 Å². The summed E-state index contributed by atoms with van der Waals surface area (Å²) in [5.41, 5.74) is 2.98. The van der Waals surface area contributed by atoms with Crippen LogP contribution in [0.2, 0.25) is 5.02 Å². The third-order valence-corrected chi connectivity index (χ3v) is 7.47. The van der Waals surface area contributed by atoms with E-state index in [1.165, 1.54) is 12.1 Å². The van der Waals surface area contributed by atoms with Crippen molar-refractivity contribution in [2.75, 3.05) is 26.2 Å². The standard InChI is InChI=1S/C24H28ClN3O2/c1-16(29)26-10-8-21(9-11-26)27-13-17-12-19(15-27)23-7-6-22(24(30)28(23)14-17)18-2-4-20(25)5-3-18/h2-7,17,19,21H,8-15H2,1H3/t17-,19-/m1/s1. The van der Waals surface area contributed by atoms with E-state index in [1.54, 1.807) is 6.92 Å². The van der Waals surface area contributed by atoms with Crippen molar-refractivity contribution >= 4 is 17.5 Å². The average Bonchev–Trinajstić information content (AvgIpc) is 2.75. The highest BCUT2D eigenvalue weighted by Gasteiger charge is 2.38. The normalized spacial score (nSPS) is 24.5. The lowest BCUT2D eigenvalue weighted by molar-refractivity contribution is -0.130. The van der Waals surface area contributed by atoms with Crippen LogP contribution in [0.5, 0.6) is 0 Å². The van der Waals surface area contributed by atoms with Gasteiger partial charge >= 0.3 is 0 Å². The van der Waals surface area contributed by atoms with E-state index in [1.807, 2.05) is 39.8 Å². The molecule has 1 aromatic heterocycles. The first-order valence-corrected chi connectivity index (χ1v) is 11.4. The molecule has 2 bridgehead atoms. The van der Waals surface area contributed by atoms with Crippen LogP contribution in [0.15, 0.2) is 41.2 Å². The molecule has 6 heteroatoms. The predicted molar refractivity (Wildman–Crippen MR) is 119 cm³/mol. The molecule has 5 nitrogen and oxygen atoms in total. The van der Waals surface area contributed by atoms with Crippen molar-refractivity contribution in [1.29, 1.82) is 0 Å². The van der Waals surface area contributed by atoms with Crippen LogP contribution in [0.1, 0.15) is 37.8 Å². The third kappa shape index (κ3) is 3.58. The van der Waals surface area contributed by atoms with E-state index in [2.05, 4.69) is 11.0 Å². The van der Waals surface area contributed by atoms with Crippen LogP contribution in [0.4, 0.5) is 0 Å². The van der Waals surface area contributed by atoms with E-state index in [0.717, 1.165) is 56.7 Å². The molecule has 2 fully saturated rings. The number of hydrogen-bond donors (Lipinski definition) is 0. The lowest BCUT2D eigenvalue weighted by atomic mass is 9.81. The molecule has 30 heavy (non-hydrogen) atoms. The summed E-state index contributed by atoms with van der Waals surface area (Å²) < 4.78 is 2.03. The van der Waals surface area contributed by atoms with E-state index in [0.29, 0.717) is 22.9 Å². The first-order chi connectivity index (χ1) is 14.5. The maximum atomic E-state index is 13.3. The molecule has 1 amide bonds. The van der Waals surface area contributed by atoms with Crippen molar-refractivity contribution in [3.8, 4) is 11.1 Å². The Morgan fingerprint density at radius 1 is 1.00 bits per heavy atom. The van der Waals surface area contributed by atoms with Crippen molar-refractivity contribution < 1.29 is 4.79 Å². The van der Waals surface area contributed by atoms with Crippen LogP contribution < -0.4 is 5.56 Å². The summed E-state index contributed by atoms with van der Waals surface area (Å²) in [6.07, 6.45) is 3.28. The Bertz CT molecular complexity index is 1010. The van der Waals surface area contributed by atoms with Gasteiger partial charge in [0.2, 0.25) is 5.91 Å². The Hall–Kier alpha value is -2.11. The van der Waals surface area contributed by atoms with Crippen molar-refractivity contribution in [2.45, 2.75) is 44.7 Å². The van der Waals surface area contributed by atoms with Crippen LogP contribution >= 0.6 is 11.6 Å². The van der Waals surface area contributed by atoms with Crippen LogP contribution in [0, 0.1) is 5.92 Å². The van der Waals surface area contributed by atoms with Crippen molar-refractivity contribution in [2.24, 2.45) is 5.92 Å². The maximum Gasteiger partial charge on any atom is 0.258 e. The largest absolute Gasteiger partial charge is 0.343 e. The topological polar surface area (TPSA) is 45.6 Å². The molecule has 0 radical (unpaired) electrons. The lowest BCUT2D eigenvalue weighted by Crippen LogP contribution is -2.53. The summed E-state index contributed by atoms with van der Waals surface area (Å²) in [6.45, 7) is 6.27. The summed E-state index contributed by atoms with van der Waals surface area (Å²) in [7, 11) is 0. The zero-order valence-electron chi connectivity index (χ0n) is 17.4. The molecule has 0 unspecified atom stereocenters. The quantitative estimate of drug-likeness (QED) is 0.738. The van der Waals surface area contributed by atoms with Gasteiger partial charge in [0.25, 0.3) is 5.56 Å². The van der Waals surface area contributed by atoms with Gasteiger partial charge in [-0.1, -0.05) is 23.7 Å². The van der Waals surface area contributed by atoms with Gasteiger partial charge in [-0.3, -0.25) is 14.5 Å². The van der Waals surface area contributed by atoms with Crippen molar-refractivity contribution in [1.82, 2.24) is 14.4 Å². The van der Waals surface area contributed by atoms with E-state index in [4.69, 9.17) is 11.6 Å². The highest BCUT2D eigenvalue weighted by atomic mass is 35.5. The second-order valence-electron chi connectivity index (χ2n) is 9.08. The van der Waals surface area contributed by atoms with Crippen molar-refractivity contribution in [3.63, 3.8) is 0 Å². The second kappa shape index (κ2) is 7.86. The molecule has 0 N–H and O–H groups in total. The molecule has 4 heterocycles. The molecule has 2 aromatic rings. The van der Waals surface area contributed by atoms with Crippen molar-refractivity contribution in [3.05, 3.63) is 57.5 Å². The minimum Gasteiger partial charge on any atom is -0.343 e. The number of aromatic nitrogens is 1. The SMILES string of the molecule is CC(=O)N1CCC(N2C[C@H]3C[C@H](C2)c2ccc(-c4ccc(Cl)cc4)c(=O)n2C3)CC1. The highest BCUT2D eigenvalue weighted by molar-refractivity contribution is 6.30. The van der Waals surface area contributed by atoms with Gasteiger partial charge in [-0.05, 0) is 55.0 Å². The van der Waals surface area contributed by atoms with Gasteiger partial charge in [-0.2, -0.15) is 0 Å². The van der Waals surface area contributed by atoms with Gasteiger partial charge < -0.3 is 9.47 Å². The summed E-state index contributed by atoms with van der Waals surface area (Å²) in [5.74, 6) is 1.12. The monoisotopic (exact) mass is 425 g/mol. The first kappa shape index (κ1) is 19.8. The van der Waals surface area contributed by atoms with E-state index in [-0.39, 0.29) is 11.5 Å². The Labute approximate surface area is 182 Å². The lowest BCUT2D eigenvalue weighted by Gasteiger charge is -2.47. The smallest absolute Gasteiger partial charge is 0.258 e. The number of carbonyl (C=O) groups excluding carboxylic acids is 1. The molecule has 0 aliphatic carbocycles. The van der Waals surface area contributed by atoms with E-state index >= 15 is 0 Å². The summed E-state index contributed by atoms with van der Waals surface area (Å²) in [6, 6.07) is 12.2. The van der Waals surface area contributed by atoms with E-state index < -0.39 is 0 Å². The van der Waals surface area contributed by atoms with Gasteiger partial charge in [0.1, 0.15) is 0 Å². The molecule has 0 saturated carbocycles. The highest BCUT2D eigenvalue weighted by Crippen LogP contribution is 2.37. The predicted octanol–water partition coefficient (Wildman–Crippen LogP) is 3.60. The third-order valence-electron chi connectivity index (χ3n) is 7.21. The number of halogens is 1. The minimum absolute atomic E-state index is 0.118. The molecule has 5 rings (SSSR count). The number of likely N-dealkylation sites (tertiary alicyclic amines) is 2. The second-order valence-corrected chi connectivity index (χ2v) is 9.52. The van der Waals surface area contributed by atoms with Gasteiger partial charge in [-0.15, -0.1) is 0 Å². The molecule has 158 valence electrons. The summed E-state index contributed by atoms with van der Waals surface area (Å²) in [4.78, 5) is 29.5. The molecular weight excluding hydrogens is 398 g/mol. The zero-order valence-corrected chi connectivity index (χ0v) is 18.1. The van der Waals surface area contributed by atoms with Gasteiger partial charge in [-0.25, -0.2) is 0 Å². The fraction of sp³-hybridized carbons (Fsp3) is 0.500. The molecule has 2 saturated heterocycles. The number of benzene rings is 1. The van der Waals surface area contributed by atoms with Gasteiger partial charge in [0.05, 0.1) is 0 Å². The van der Waals surface area contributed by atoms with Crippen LogP contribution in [0.3, 0.4) is 0 Å². The number of fused-ring (bicyclic) bond motifs is 4. The molecule has 3 aliphatic rings. The van der Waals surface area contributed by atoms with Gasteiger partial charge in [0, 0.05) is 67.9 Å². The fourth-order valence-electron chi connectivity index (χ4n) is 5.68. The average molecular weight is 426 g/mol. The molecule has 2 atom stereocenters.